The summed E-state index contributed by atoms with van der Waals surface area (Å²) in [6.07, 6.45) is 58.1. The van der Waals surface area contributed by atoms with Crippen molar-refractivity contribution >= 4 is 5.91 Å². The van der Waals surface area contributed by atoms with Gasteiger partial charge in [-0.15, -0.1) is 0 Å². The normalized spacial score (nSPS) is 26.9. The molecule has 0 bridgehead atoms. The van der Waals surface area contributed by atoms with Gasteiger partial charge in [-0.3, -0.25) is 4.79 Å². The zero-order chi connectivity index (χ0) is 73.2. The molecule has 3 aliphatic heterocycles. The summed E-state index contributed by atoms with van der Waals surface area (Å²) < 4.78 is 34.4. The van der Waals surface area contributed by atoms with E-state index in [9.17, 15) is 61.0 Å². The molecule has 3 heterocycles. The van der Waals surface area contributed by atoms with Gasteiger partial charge in [0, 0.05) is 6.42 Å². The second-order valence-corrected chi connectivity index (χ2v) is 27.8. The quantitative estimate of drug-likeness (QED) is 0.0199. The van der Waals surface area contributed by atoms with Crippen molar-refractivity contribution < 1.29 is 89.4 Å². The van der Waals surface area contributed by atoms with Crippen molar-refractivity contribution in [3.8, 4) is 0 Å². The van der Waals surface area contributed by atoms with Crippen LogP contribution in [0.2, 0.25) is 0 Å². The maximum Gasteiger partial charge on any atom is 0.220 e. The highest BCUT2D eigenvalue weighted by atomic mass is 16.8. The molecule has 0 saturated carbocycles. The summed E-state index contributed by atoms with van der Waals surface area (Å²) in [5.41, 5.74) is 0. The maximum absolute atomic E-state index is 13.4. The van der Waals surface area contributed by atoms with Gasteiger partial charge in [0.15, 0.2) is 18.9 Å². The number of rotatable bonds is 61. The third kappa shape index (κ3) is 41.8. The Kier molecular flexibility index (Phi) is 55.9. The van der Waals surface area contributed by atoms with Crippen LogP contribution in [0.1, 0.15) is 271 Å². The summed E-state index contributed by atoms with van der Waals surface area (Å²) in [4.78, 5) is 13.4. The second kappa shape index (κ2) is 61.6. The SMILES string of the molecule is CC/C=C\C/C=C\C/C=C\C/C=C\C/C=C\C/C=C\C/C=C\CCCC(=O)NC(COC1OC(CO)C(OC2OC(CO)C(OC3OC(CO)C(O)C(O)C3O)C(O)C2O)C(O)C1O)C(O)/C=C/CC/C=C/CCCCCCCCCCCCCCCCCCCCCCCCCCCCC. The van der Waals surface area contributed by atoms with Gasteiger partial charge >= 0.3 is 0 Å². The van der Waals surface area contributed by atoms with Crippen molar-refractivity contribution in [3.63, 3.8) is 0 Å². The first-order valence-electron chi connectivity index (χ1n) is 39.6. The van der Waals surface area contributed by atoms with Gasteiger partial charge in [-0.2, -0.15) is 0 Å². The minimum Gasteiger partial charge on any atom is -0.394 e. The topological polar surface area (TPSA) is 307 Å². The molecular formula is C82H141NO18. The first-order valence-corrected chi connectivity index (χ1v) is 39.6. The molecule has 3 fully saturated rings. The van der Waals surface area contributed by atoms with Gasteiger partial charge in [-0.25, -0.2) is 0 Å². The fourth-order valence-corrected chi connectivity index (χ4v) is 12.7. The number of nitrogens with one attached hydrogen (secondary N) is 1. The van der Waals surface area contributed by atoms with Crippen molar-refractivity contribution in [1.29, 1.82) is 0 Å². The minimum absolute atomic E-state index is 0.149. The highest BCUT2D eigenvalue weighted by Gasteiger charge is 2.53. The summed E-state index contributed by atoms with van der Waals surface area (Å²) in [6, 6.07) is -1.03. The Balaban J connectivity index is 1.41. The number of ether oxygens (including phenoxy) is 6. The summed E-state index contributed by atoms with van der Waals surface area (Å²) in [6.45, 7) is 1.57. The highest BCUT2D eigenvalue weighted by molar-refractivity contribution is 5.76. The van der Waals surface area contributed by atoms with Crippen LogP contribution in [0, 0.1) is 0 Å². The highest BCUT2D eigenvalue weighted by Crippen LogP contribution is 2.33. The van der Waals surface area contributed by atoms with E-state index in [-0.39, 0.29) is 12.3 Å². The smallest absolute Gasteiger partial charge is 0.220 e. The molecule has 1 amide bonds. The van der Waals surface area contributed by atoms with E-state index in [1.54, 1.807) is 6.08 Å². The summed E-state index contributed by atoms with van der Waals surface area (Å²) in [7, 11) is 0. The molecule has 0 radical (unpaired) electrons. The molecule has 0 spiro atoms. The van der Waals surface area contributed by atoms with Crippen molar-refractivity contribution in [1.82, 2.24) is 5.32 Å². The number of carbonyl (C=O) groups excluding carboxylic acids is 1. The van der Waals surface area contributed by atoms with Crippen LogP contribution < -0.4 is 5.32 Å². The number of allylic oxidation sites excluding steroid dienone is 17. The van der Waals surface area contributed by atoms with E-state index < -0.39 is 131 Å². The van der Waals surface area contributed by atoms with Crippen molar-refractivity contribution in [2.24, 2.45) is 0 Å². The molecule has 19 heteroatoms. The van der Waals surface area contributed by atoms with Gasteiger partial charge in [-0.05, 0) is 83.5 Å². The van der Waals surface area contributed by atoms with E-state index in [2.05, 4.69) is 110 Å². The van der Waals surface area contributed by atoms with Crippen molar-refractivity contribution in [2.45, 2.75) is 375 Å². The zero-order valence-electron chi connectivity index (χ0n) is 62.1. The van der Waals surface area contributed by atoms with E-state index in [1.165, 1.54) is 167 Å². The maximum atomic E-state index is 13.4. The Bertz CT molecular complexity index is 2250. The summed E-state index contributed by atoms with van der Waals surface area (Å²) >= 11 is 0. The third-order valence-corrected chi connectivity index (χ3v) is 19.1. The minimum atomic E-state index is -1.99. The molecule has 12 N–H and O–H groups in total. The van der Waals surface area contributed by atoms with Gasteiger partial charge in [0.1, 0.15) is 73.2 Å². The number of hydrogen-bond acceptors (Lipinski definition) is 18. The number of amides is 1. The predicted molar refractivity (Wildman–Crippen MR) is 401 cm³/mol. The van der Waals surface area contributed by atoms with E-state index in [4.69, 9.17) is 28.4 Å². The largest absolute Gasteiger partial charge is 0.394 e. The van der Waals surface area contributed by atoms with Crippen LogP contribution in [-0.4, -0.2) is 193 Å². The lowest BCUT2D eigenvalue weighted by atomic mass is 9.96. The molecule has 0 aromatic rings. The Morgan fingerprint density at radius 1 is 0.366 bits per heavy atom. The molecule has 19 nitrogen and oxygen atoms in total. The molecule has 17 unspecified atom stereocenters. The number of hydrogen-bond donors (Lipinski definition) is 12. The van der Waals surface area contributed by atoms with Crippen LogP contribution >= 0.6 is 0 Å². The summed E-state index contributed by atoms with van der Waals surface area (Å²) in [5.74, 6) is -0.345. The lowest BCUT2D eigenvalue weighted by Crippen LogP contribution is -2.66. The van der Waals surface area contributed by atoms with Crippen LogP contribution in [0.4, 0.5) is 0 Å². The Hall–Kier alpha value is -3.55. The van der Waals surface area contributed by atoms with Crippen LogP contribution in [0.5, 0.6) is 0 Å². The van der Waals surface area contributed by atoms with E-state index in [0.29, 0.717) is 19.3 Å². The van der Waals surface area contributed by atoms with E-state index in [0.717, 1.165) is 64.2 Å². The van der Waals surface area contributed by atoms with Gasteiger partial charge in [0.25, 0.3) is 0 Å². The van der Waals surface area contributed by atoms with Gasteiger partial charge in [-0.1, -0.05) is 290 Å². The number of aliphatic hydroxyl groups excluding tert-OH is 11. The Labute approximate surface area is 608 Å². The fourth-order valence-electron chi connectivity index (χ4n) is 12.7. The number of carbonyl (C=O) groups is 1. The Morgan fingerprint density at radius 3 is 1.11 bits per heavy atom. The second-order valence-electron chi connectivity index (χ2n) is 27.8. The third-order valence-electron chi connectivity index (χ3n) is 19.1. The molecule has 0 aliphatic carbocycles. The lowest BCUT2D eigenvalue weighted by Gasteiger charge is -2.48. The molecular weight excluding hydrogens is 1290 g/mol. The molecule has 101 heavy (non-hydrogen) atoms. The van der Waals surface area contributed by atoms with Crippen molar-refractivity contribution in [2.75, 3.05) is 26.4 Å². The molecule has 3 rings (SSSR count). The van der Waals surface area contributed by atoms with Gasteiger partial charge < -0.3 is 89.9 Å². The van der Waals surface area contributed by atoms with Crippen LogP contribution in [-0.2, 0) is 33.2 Å². The molecule has 0 aromatic heterocycles. The fraction of sp³-hybridized carbons (Fsp3) is 0.768. The average molecular weight is 1430 g/mol. The summed E-state index contributed by atoms with van der Waals surface area (Å²) in [5, 5.41) is 121. The predicted octanol–water partition coefficient (Wildman–Crippen LogP) is 12.9. The number of aliphatic hydroxyl groups is 11. The van der Waals surface area contributed by atoms with Crippen LogP contribution in [0.25, 0.3) is 0 Å². The monoisotopic (exact) mass is 1430 g/mol. The van der Waals surface area contributed by atoms with Gasteiger partial charge in [0.05, 0.1) is 38.6 Å². The first-order chi connectivity index (χ1) is 49.3. The standard InChI is InChI=1S/C82H141NO18/c1-3-5-7-9-11-13-15-17-19-21-23-25-27-28-29-30-31-32-33-34-35-36-38-39-41-43-45-47-49-51-53-55-57-59-66(87)65(83-70(88)60-58-56-54-52-50-48-46-44-42-40-37-26-24-22-20-18-16-14-12-10-8-6-4-2)64-96-80-76(94)73(91)78(68(62-85)98-80)101-82-77(95)74(92)79(69(63-86)99-82)100-81-75(93)72(90)71(89)67(61-84)97-81/h6,8,12,14,18,20,24,26,40,42,46,48-49,51-52,54,57,59,65-69,71-82,84-87,89-95H,3-5,7,9-11,13,15-17,19,21-23,25,27-39,41,43-45,47,50,53,55-56,58,60-64H2,1-2H3,(H,83,88)/b8-6-,14-12-,20-18-,26-24-,42-40-,48-46-,51-49+,54-52-,59-57+. The van der Waals surface area contributed by atoms with E-state index in [1.807, 2.05) is 12.2 Å². The molecule has 17 atom stereocenters. The molecule has 3 aliphatic rings. The zero-order valence-corrected chi connectivity index (χ0v) is 62.1. The van der Waals surface area contributed by atoms with Gasteiger partial charge in [0.2, 0.25) is 5.91 Å². The molecule has 0 aromatic carbocycles. The Morgan fingerprint density at radius 2 is 0.693 bits per heavy atom. The van der Waals surface area contributed by atoms with Crippen molar-refractivity contribution in [3.05, 3.63) is 109 Å². The lowest BCUT2D eigenvalue weighted by molar-refractivity contribution is -0.379. The molecule has 3 saturated heterocycles. The van der Waals surface area contributed by atoms with E-state index >= 15 is 0 Å². The van der Waals surface area contributed by atoms with Crippen LogP contribution in [0.3, 0.4) is 0 Å². The number of unbranched alkanes of at least 4 members (excludes halogenated alkanes) is 29. The average Bonchev–Trinajstić information content (AvgIpc) is 0.782. The van der Waals surface area contributed by atoms with Crippen LogP contribution in [0.15, 0.2) is 109 Å². The first kappa shape index (κ1) is 91.7. The molecule has 582 valence electrons.